The van der Waals surface area contributed by atoms with Crippen molar-refractivity contribution < 1.29 is 199 Å². The zero-order chi connectivity index (χ0) is 103. The number of hydrogen-bond acceptors (Lipinski definition) is 32. The van der Waals surface area contributed by atoms with Crippen LogP contribution in [0, 0.1) is 92.1 Å². The molecule has 6 aromatic rings. The van der Waals surface area contributed by atoms with Gasteiger partial charge < -0.3 is 52.1 Å². The van der Waals surface area contributed by atoms with Gasteiger partial charge in [-0.1, -0.05) is 13.8 Å². The Balaban J connectivity index is 0.000000311. The number of benzene rings is 6. The van der Waals surface area contributed by atoms with Crippen LogP contribution in [0.15, 0.2) is 78.9 Å². The van der Waals surface area contributed by atoms with E-state index in [1.54, 1.807) is 124 Å². The lowest BCUT2D eigenvalue weighted by Crippen LogP contribution is -2.42. The predicted octanol–water partition coefficient (Wildman–Crippen LogP) is 16.4. The number of alkyl halides is 15. The highest BCUT2D eigenvalue weighted by Gasteiger charge is 2.54. The Morgan fingerprint density at radius 3 is 1.16 bits per heavy atom. The number of amides is 1. The van der Waals surface area contributed by atoms with E-state index in [0.29, 0.717) is 59.1 Å². The van der Waals surface area contributed by atoms with Gasteiger partial charge in [0.15, 0.2) is 0 Å². The molecule has 0 spiro atoms. The standard InChI is InChI=1S/C25H19F3I3NO11S.C23H17F6I3N2O10S.C22H17F6I3N2O11S2/c26-25(27,28)20(9-44(38,39)40)43-23(34)14-4-12-3-11(14)6-18(12)41-22(33)10-1-2-17(32(36)37)19(5-10)42-24(35)15-7-13(29)8-16(30)21(15)31;1-2-9(5-11-12(30)7-13(31)18(17(11)32)33-21(37)23(27,28)29)19(35)43-15-6-10(3-4-14(15)34(38)39)20(36)44-16(22(24,25)26)8-45(40,41)42;1-2-9(5-11-12(29)7-13(30)18(17(11)31)32-46(41,42)22(26,27)28)19(34)43-15-6-10(3-4-14(15)33(36)37)20(35)44-16(21(23,24)25)8-45(38,39)40/h1-2,5,7-8,11-12,14,18,20H,3-4,6,9H2,(H,38,39,40);3-4,6-7,9,16H,2,5,8H2,1H3,(H,33,37)(H,40,41,42);3-4,6-7,9,16,32H,2,5,8H2,1H3,(H,38,39,40)/p-3. The topological polar surface area (TPSA) is 560 Å². The zero-order valence-electron chi connectivity index (χ0n) is 65.9. The second-order valence-electron chi connectivity index (χ2n) is 27.7. The molecule has 9 unspecified atom stereocenters. The number of rotatable bonds is 32. The Bertz CT molecular complexity index is 6170. The van der Waals surface area contributed by atoms with E-state index in [4.69, 9.17) is 18.9 Å². The van der Waals surface area contributed by atoms with Crippen LogP contribution in [0.1, 0.15) is 98.5 Å². The van der Waals surface area contributed by atoms with Crippen LogP contribution in [0.25, 0.3) is 0 Å². The Hall–Kier alpha value is -5.72. The average molecular weight is 3030 g/mol. The summed E-state index contributed by atoms with van der Waals surface area (Å²) in [7, 11) is -22.2. The molecule has 2 aliphatic rings. The van der Waals surface area contributed by atoms with Gasteiger partial charge in [-0.15, -0.1) is 0 Å². The molecule has 8 rings (SSSR count). The number of halogens is 24. The van der Waals surface area contributed by atoms with E-state index in [0.717, 1.165) is 25.3 Å². The van der Waals surface area contributed by atoms with Crippen LogP contribution in [-0.2, 0) is 91.3 Å². The summed E-state index contributed by atoms with van der Waals surface area (Å²) in [5.41, 5.74) is -9.85. The van der Waals surface area contributed by atoms with Gasteiger partial charge in [0.1, 0.15) is 6.10 Å². The number of nitro benzene ring substituents is 3. The first kappa shape index (κ1) is 118. The molecule has 6 aromatic carbocycles. The molecule has 37 nitrogen and oxygen atoms in total. The zero-order valence-corrected chi connectivity index (χ0v) is 88.6. The molecular formula is C70H50F15I9N5O32S4-3. The molecule has 2 N–H and O–H groups in total. The van der Waals surface area contributed by atoms with Gasteiger partial charge in [0, 0.05) is 68.5 Å². The lowest BCUT2D eigenvalue weighted by Gasteiger charge is -2.29. The highest BCUT2D eigenvalue weighted by molar-refractivity contribution is 14.1. The summed E-state index contributed by atoms with van der Waals surface area (Å²) in [6, 6.07) is 12.7. The number of nitrogens with one attached hydrogen (secondary N) is 2. The molecule has 65 heteroatoms. The number of carbonyl (C=O) groups is 8. The normalized spacial score (nSPS) is 16.4. The smallest absolute Gasteiger partial charge is 0.516 e. The summed E-state index contributed by atoms with van der Waals surface area (Å²) >= 11 is 16.2. The SMILES string of the molecule is CCC(Cc1c(I)cc(I)c(NC(=O)C(F)(F)F)c1I)C(=O)Oc1cc(C(=O)OC(CS(=O)(=O)[O-])C(F)(F)F)ccc1[N+](=O)[O-].CCC(Cc1c(I)cc(I)c(NS(=O)(=O)C(F)(F)F)c1I)C(=O)Oc1cc(C(=O)OC(CS(=O)(=O)[O-])C(F)(F)F)ccc1[N+](=O)[O-].O=C(OC1CC2CC1CC2C(=O)OC(CS(=O)(=O)[O-])C(F)(F)F)c1ccc([N+](=O)[O-])c(OC(=O)c2cc(I)cc(I)c2I)c1. The molecule has 2 fully saturated rings. The van der Waals surface area contributed by atoms with Gasteiger partial charge in [-0.05, 0) is 314 Å². The molecule has 9 atom stereocenters. The fraction of sp³-hybridized carbons (Fsp3) is 0.371. The lowest BCUT2D eigenvalue weighted by molar-refractivity contribution is -0.385. The Kier molecular flexibility index (Phi) is 41.5. The van der Waals surface area contributed by atoms with Crippen LogP contribution in [-0.4, -0.2) is 182 Å². The highest BCUT2D eigenvalue weighted by atomic mass is 127. The molecule has 742 valence electrons. The number of sulfonamides is 1. The molecule has 0 aromatic heterocycles. The number of nitro groups is 3. The molecule has 2 bridgehead atoms. The van der Waals surface area contributed by atoms with E-state index in [9.17, 15) is 182 Å². The first-order valence-corrected chi connectivity index (χ1v) is 51.8. The van der Waals surface area contributed by atoms with E-state index in [2.05, 4.69) is 14.2 Å². The second kappa shape index (κ2) is 47.4. The summed E-state index contributed by atoms with van der Waals surface area (Å²) in [5, 5.41) is 36.4. The van der Waals surface area contributed by atoms with E-state index in [1.165, 1.54) is 30.7 Å². The highest BCUT2D eigenvalue weighted by Crippen LogP contribution is 2.51. The largest absolute Gasteiger partial charge is 0.748 e. The van der Waals surface area contributed by atoms with Crippen LogP contribution in [0.4, 0.5) is 94.3 Å². The quantitative estimate of drug-likeness (QED) is 0.00456. The van der Waals surface area contributed by atoms with Gasteiger partial charge in [-0.2, -0.15) is 74.3 Å². The summed E-state index contributed by atoms with van der Waals surface area (Å²) < 4.78 is 356. The number of anilines is 2. The van der Waals surface area contributed by atoms with Gasteiger partial charge in [0.2, 0.25) is 35.6 Å². The summed E-state index contributed by atoms with van der Waals surface area (Å²) in [4.78, 5) is 133. The maximum Gasteiger partial charge on any atom is 0.516 e. The van der Waals surface area contributed by atoms with Gasteiger partial charge in [0.25, 0.3) is 0 Å². The van der Waals surface area contributed by atoms with Gasteiger partial charge in [-0.3, -0.25) is 54.2 Å². The first-order valence-electron chi connectivity index (χ1n) is 35.9. The predicted molar refractivity (Wildman–Crippen MR) is 501 cm³/mol. The lowest BCUT2D eigenvalue weighted by atomic mass is 9.87. The van der Waals surface area contributed by atoms with Crippen molar-refractivity contribution in [3.63, 3.8) is 0 Å². The number of carbonyl (C=O) groups excluding carboxylic acids is 8. The fourth-order valence-corrected chi connectivity index (χ4v) is 25.4. The van der Waals surface area contributed by atoms with E-state index >= 15 is 0 Å². The number of hydrogen-bond donors (Lipinski definition) is 2. The third kappa shape index (κ3) is 33.7. The number of nitrogens with zero attached hydrogens (tertiary/aromatic N) is 3. The average Bonchev–Trinajstić information content (AvgIpc) is 1.72. The molecule has 0 radical (unpaired) electrons. The van der Waals surface area contributed by atoms with Gasteiger partial charge in [-0.25, -0.2) is 44.4 Å². The number of ether oxygens (including phenoxy) is 7. The minimum Gasteiger partial charge on any atom is -0.748 e. The molecule has 0 aliphatic heterocycles. The van der Waals surface area contributed by atoms with Crippen molar-refractivity contribution in [1.29, 1.82) is 0 Å². The third-order valence-electron chi connectivity index (χ3n) is 18.4. The van der Waals surface area contributed by atoms with Crippen molar-refractivity contribution in [2.75, 3.05) is 27.3 Å². The van der Waals surface area contributed by atoms with Gasteiger partial charge in [0.05, 0.1) is 114 Å². The Labute approximate surface area is 871 Å². The fourth-order valence-electron chi connectivity index (χ4n) is 12.0. The van der Waals surface area contributed by atoms with Crippen LogP contribution in [0.5, 0.6) is 17.2 Å². The summed E-state index contributed by atoms with van der Waals surface area (Å²) in [6.45, 7) is 2.98. The van der Waals surface area contributed by atoms with Crippen LogP contribution >= 0.6 is 203 Å². The van der Waals surface area contributed by atoms with Crippen molar-refractivity contribution >= 4 is 320 Å². The second-order valence-corrected chi connectivity index (χ2v) is 44.0. The van der Waals surface area contributed by atoms with Crippen LogP contribution in [0.3, 0.4) is 0 Å². The van der Waals surface area contributed by atoms with Gasteiger partial charge >= 0.3 is 105 Å². The molecule has 1 amide bonds. The number of fused-ring (bicyclic) bond motifs is 2. The Morgan fingerprint density at radius 1 is 0.444 bits per heavy atom. The summed E-state index contributed by atoms with van der Waals surface area (Å²) in [5.74, 6) is -24.3. The molecule has 135 heavy (non-hydrogen) atoms. The number of esters is 7. The maximum absolute atomic E-state index is 13.2. The molecule has 0 heterocycles. The third-order valence-corrected chi connectivity index (χ3v) is 31.3. The van der Waals surface area contributed by atoms with Crippen molar-refractivity contribution in [2.45, 2.75) is 113 Å². The van der Waals surface area contributed by atoms with Crippen molar-refractivity contribution in [3.05, 3.63) is 175 Å². The molecule has 0 saturated heterocycles. The van der Waals surface area contributed by atoms with Crippen molar-refractivity contribution in [2.24, 2.45) is 29.6 Å². The van der Waals surface area contributed by atoms with Crippen LogP contribution in [0.2, 0.25) is 0 Å². The van der Waals surface area contributed by atoms with Crippen molar-refractivity contribution in [3.8, 4) is 17.2 Å². The van der Waals surface area contributed by atoms with E-state index in [-0.39, 0.29) is 75.2 Å². The molecular weight excluding hydrogens is 2980 g/mol. The van der Waals surface area contributed by atoms with Crippen molar-refractivity contribution in [1.82, 2.24) is 0 Å². The minimum absolute atomic E-state index is 0.00736. The monoisotopic (exact) mass is 3030 g/mol. The van der Waals surface area contributed by atoms with E-state index in [1.807, 2.05) is 96.4 Å². The summed E-state index contributed by atoms with van der Waals surface area (Å²) in [6.07, 6.45) is -32.2. The van der Waals surface area contributed by atoms with Crippen LogP contribution < -0.4 is 24.2 Å². The van der Waals surface area contributed by atoms with E-state index < -0.39 is 255 Å². The molecule has 2 aliphatic carbocycles. The Morgan fingerprint density at radius 2 is 0.815 bits per heavy atom. The first-order chi connectivity index (χ1) is 61.6. The maximum atomic E-state index is 13.2. The minimum atomic E-state index is -5.83. The molecule has 2 saturated carbocycles.